The summed E-state index contributed by atoms with van der Waals surface area (Å²) in [5.41, 5.74) is 0.342. The minimum absolute atomic E-state index is 0.131. The molecule has 0 aromatic heterocycles. The van der Waals surface area contributed by atoms with Gasteiger partial charge in [-0.05, 0) is 70.6 Å². The van der Waals surface area contributed by atoms with Gasteiger partial charge in [-0.25, -0.2) is 4.39 Å². The predicted octanol–water partition coefficient (Wildman–Crippen LogP) is 2.12. The highest BCUT2D eigenvalue weighted by Crippen LogP contribution is 2.21. The zero-order chi connectivity index (χ0) is 17.8. The molecular weight excluding hydrogens is 321 g/mol. The molecule has 0 bridgehead atoms. The van der Waals surface area contributed by atoms with Gasteiger partial charge in [-0.1, -0.05) is 0 Å². The lowest BCUT2D eigenvalue weighted by Crippen LogP contribution is -2.53. The summed E-state index contributed by atoms with van der Waals surface area (Å²) in [4.78, 5) is 17.3. The highest BCUT2D eigenvalue weighted by Gasteiger charge is 2.28. The molecule has 1 atom stereocenters. The van der Waals surface area contributed by atoms with Crippen molar-refractivity contribution in [2.24, 2.45) is 0 Å². The maximum atomic E-state index is 13.8. The summed E-state index contributed by atoms with van der Waals surface area (Å²) in [5.74, 6) is -0.564. The lowest BCUT2D eigenvalue weighted by atomic mass is 9.98. The first-order chi connectivity index (χ1) is 12.1. The molecule has 2 heterocycles. The van der Waals surface area contributed by atoms with Crippen molar-refractivity contribution in [1.82, 2.24) is 15.1 Å². The summed E-state index contributed by atoms with van der Waals surface area (Å²) in [5, 5.41) is 3.08. The van der Waals surface area contributed by atoms with Gasteiger partial charge in [0.05, 0.1) is 7.11 Å². The lowest BCUT2D eigenvalue weighted by Gasteiger charge is -2.41. The van der Waals surface area contributed by atoms with E-state index in [-0.39, 0.29) is 17.7 Å². The molecule has 6 heteroatoms. The second-order valence-corrected chi connectivity index (χ2v) is 7.19. The number of methoxy groups -OCH3 is 1. The van der Waals surface area contributed by atoms with Gasteiger partial charge in [-0.15, -0.1) is 0 Å². The minimum Gasteiger partial charge on any atom is -0.494 e. The van der Waals surface area contributed by atoms with Gasteiger partial charge in [-0.3, -0.25) is 9.69 Å². The van der Waals surface area contributed by atoms with Gasteiger partial charge < -0.3 is 15.0 Å². The van der Waals surface area contributed by atoms with E-state index in [0.717, 1.165) is 39.0 Å². The number of hydrogen-bond acceptors (Lipinski definition) is 4. The molecule has 2 aliphatic rings. The van der Waals surface area contributed by atoms with Crippen molar-refractivity contribution in [2.45, 2.75) is 37.8 Å². The molecular formula is C19H28FN3O2. The molecule has 0 aliphatic carbocycles. The molecule has 5 nitrogen and oxygen atoms in total. The maximum absolute atomic E-state index is 13.8. The van der Waals surface area contributed by atoms with Crippen LogP contribution in [0.1, 0.15) is 36.0 Å². The molecule has 1 N–H and O–H groups in total. The fourth-order valence-electron chi connectivity index (χ4n) is 3.89. The van der Waals surface area contributed by atoms with Gasteiger partial charge in [0, 0.05) is 24.2 Å². The fourth-order valence-corrected chi connectivity index (χ4v) is 3.89. The van der Waals surface area contributed by atoms with Crippen LogP contribution in [0.5, 0.6) is 5.75 Å². The van der Waals surface area contributed by atoms with Crippen molar-refractivity contribution in [3.8, 4) is 5.75 Å². The Labute approximate surface area is 149 Å². The largest absolute Gasteiger partial charge is 0.494 e. The number of ether oxygens (including phenoxy) is 1. The van der Waals surface area contributed by atoms with Crippen molar-refractivity contribution >= 4 is 5.91 Å². The van der Waals surface area contributed by atoms with Crippen LogP contribution in [0, 0.1) is 5.82 Å². The highest BCUT2D eigenvalue weighted by atomic mass is 19.1. The second-order valence-electron chi connectivity index (χ2n) is 7.19. The number of rotatable bonds is 4. The van der Waals surface area contributed by atoms with Crippen LogP contribution in [0.2, 0.25) is 0 Å². The molecule has 2 saturated heterocycles. The Bertz CT molecular complexity index is 602. The number of benzene rings is 1. The lowest BCUT2D eigenvalue weighted by molar-refractivity contribution is 0.0765. The average Bonchev–Trinajstić information content (AvgIpc) is 2.62. The Hall–Kier alpha value is -1.66. The quantitative estimate of drug-likeness (QED) is 0.904. The number of piperidine rings is 2. The van der Waals surface area contributed by atoms with Crippen LogP contribution in [-0.2, 0) is 0 Å². The predicted molar refractivity (Wildman–Crippen MR) is 95.5 cm³/mol. The van der Waals surface area contributed by atoms with E-state index in [0.29, 0.717) is 11.6 Å². The maximum Gasteiger partial charge on any atom is 0.251 e. The van der Waals surface area contributed by atoms with Gasteiger partial charge in [0.2, 0.25) is 0 Å². The Morgan fingerprint density at radius 3 is 2.68 bits per heavy atom. The van der Waals surface area contributed by atoms with Crippen molar-refractivity contribution in [2.75, 3.05) is 40.3 Å². The van der Waals surface area contributed by atoms with Crippen LogP contribution in [-0.4, -0.2) is 68.1 Å². The average molecular weight is 349 g/mol. The Morgan fingerprint density at radius 2 is 2.00 bits per heavy atom. The number of nitrogens with zero attached hydrogens (tertiary/aromatic N) is 2. The summed E-state index contributed by atoms with van der Waals surface area (Å²) >= 11 is 0. The third-order valence-corrected chi connectivity index (χ3v) is 5.41. The molecule has 1 amide bonds. The number of carbonyl (C=O) groups is 1. The van der Waals surface area contributed by atoms with E-state index < -0.39 is 5.82 Å². The Balaban J connectivity index is 1.57. The van der Waals surface area contributed by atoms with Gasteiger partial charge >= 0.3 is 0 Å². The number of nitrogens with one attached hydrogen (secondary N) is 1. The zero-order valence-corrected chi connectivity index (χ0v) is 15.1. The Morgan fingerprint density at radius 1 is 1.24 bits per heavy atom. The molecule has 25 heavy (non-hydrogen) atoms. The zero-order valence-electron chi connectivity index (χ0n) is 15.1. The summed E-state index contributed by atoms with van der Waals surface area (Å²) in [7, 11) is 3.58. The van der Waals surface area contributed by atoms with Gasteiger partial charge in [0.15, 0.2) is 11.6 Å². The number of halogens is 1. The summed E-state index contributed by atoms with van der Waals surface area (Å²) in [6.45, 7) is 4.28. The second kappa shape index (κ2) is 8.15. The van der Waals surface area contributed by atoms with E-state index in [1.54, 1.807) is 6.07 Å². The first-order valence-electron chi connectivity index (χ1n) is 9.14. The SMILES string of the molecule is COc1ccc(C(=O)N[C@H]2CCCN(C3CCN(C)CC3)C2)cc1F. The van der Waals surface area contributed by atoms with E-state index >= 15 is 0 Å². The molecule has 0 unspecified atom stereocenters. The number of amides is 1. The van der Waals surface area contributed by atoms with Crippen LogP contribution < -0.4 is 10.1 Å². The first-order valence-corrected chi connectivity index (χ1v) is 9.14. The first kappa shape index (κ1) is 18.1. The van der Waals surface area contributed by atoms with Crippen molar-refractivity contribution in [1.29, 1.82) is 0 Å². The third-order valence-electron chi connectivity index (χ3n) is 5.41. The molecule has 0 saturated carbocycles. The van der Waals surface area contributed by atoms with Gasteiger partial charge in [0.1, 0.15) is 0 Å². The van der Waals surface area contributed by atoms with E-state index in [4.69, 9.17) is 4.74 Å². The standard InChI is InChI=1S/C19H28FN3O2/c1-22-10-7-16(8-11-22)23-9-3-4-15(13-23)21-19(24)14-5-6-18(25-2)17(20)12-14/h5-6,12,15-16H,3-4,7-11,13H2,1-2H3,(H,21,24)/t15-/m0/s1. The molecule has 1 aromatic carbocycles. The number of carbonyl (C=O) groups excluding carboxylic acids is 1. The summed E-state index contributed by atoms with van der Waals surface area (Å²) in [6.07, 6.45) is 4.46. The van der Waals surface area contributed by atoms with E-state index in [9.17, 15) is 9.18 Å². The normalized spacial score (nSPS) is 23.4. The van der Waals surface area contributed by atoms with E-state index in [2.05, 4.69) is 22.2 Å². The van der Waals surface area contributed by atoms with Crippen LogP contribution in [0.4, 0.5) is 4.39 Å². The molecule has 2 aliphatic heterocycles. The van der Waals surface area contributed by atoms with Crippen molar-refractivity contribution < 1.29 is 13.9 Å². The number of hydrogen-bond donors (Lipinski definition) is 1. The molecule has 1 aromatic rings. The van der Waals surface area contributed by atoms with Crippen LogP contribution in [0.3, 0.4) is 0 Å². The van der Waals surface area contributed by atoms with Crippen LogP contribution in [0.15, 0.2) is 18.2 Å². The molecule has 0 spiro atoms. The Kier molecular flexibility index (Phi) is 5.91. The van der Waals surface area contributed by atoms with Gasteiger partial charge in [0.25, 0.3) is 5.91 Å². The third kappa shape index (κ3) is 4.50. The molecule has 0 radical (unpaired) electrons. The smallest absolute Gasteiger partial charge is 0.251 e. The van der Waals surface area contributed by atoms with E-state index in [1.165, 1.54) is 32.1 Å². The minimum atomic E-state index is -0.508. The van der Waals surface area contributed by atoms with Crippen molar-refractivity contribution in [3.63, 3.8) is 0 Å². The molecule has 138 valence electrons. The molecule has 2 fully saturated rings. The van der Waals surface area contributed by atoms with E-state index in [1.807, 2.05) is 0 Å². The number of likely N-dealkylation sites (tertiary alicyclic amines) is 2. The summed E-state index contributed by atoms with van der Waals surface area (Å²) in [6, 6.07) is 5.09. The van der Waals surface area contributed by atoms with Crippen LogP contribution >= 0.6 is 0 Å². The highest BCUT2D eigenvalue weighted by molar-refractivity contribution is 5.94. The van der Waals surface area contributed by atoms with Crippen molar-refractivity contribution in [3.05, 3.63) is 29.6 Å². The topological polar surface area (TPSA) is 44.8 Å². The monoisotopic (exact) mass is 349 g/mol. The fraction of sp³-hybridized carbons (Fsp3) is 0.632. The molecule has 3 rings (SSSR count). The summed E-state index contributed by atoms with van der Waals surface area (Å²) < 4.78 is 18.7. The van der Waals surface area contributed by atoms with Crippen LogP contribution in [0.25, 0.3) is 0 Å². The van der Waals surface area contributed by atoms with Gasteiger partial charge in [-0.2, -0.15) is 0 Å².